The summed E-state index contributed by atoms with van der Waals surface area (Å²) in [5.74, 6) is -5.28. The largest absolute Gasteiger partial charge is 0.492 e. The maximum absolute atomic E-state index is 16.6. The lowest BCUT2D eigenvalue weighted by atomic mass is 9.46. The fraction of sp³-hybridized carbons (Fsp3) is 0.561. The van der Waals surface area contributed by atoms with Gasteiger partial charge >= 0.3 is 30.1 Å². The lowest BCUT2D eigenvalue weighted by Gasteiger charge is -2.59. The van der Waals surface area contributed by atoms with E-state index in [-0.39, 0.29) is 132 Å². The minimum Gasteiger partial charge on any atom is -0.492 e. The Morgan fingerprint density at radius 2 is 1.27 bits per heavy atom. The molecule has 9 atom stereocenters. The number of pyridine rings is 2. The molecule has 26 heteroatoms. The molecule has 92 heavy (non-hydrogen) atoms. The van der Waals surface area contributed by atoms with E-state index in [2.05, 4.69) is 0 Å². The van der Waals surface area contributed by atoms with Crippen LogP contribution in [0, 0.1) is 40.2 Å². The molecule has 24 nitrogen and oxygen atoms in total. The minimum absolute atomic E-state index is 0.00620. The summed E-state index contributed by atoms with van der Waals surface area (Å²) >= 11 is 0. The van der Waals surface area contributed by atoms with Crippen LogP contribution >= 0.6 is 0 Å². The van der Waals surface area contributed by atoms with Gasteiger partial charge in [0.15, 0.2) is 41.0 Å². The number of carbonyl (C=O) groups is 7. The van der Waals surface area contributed by atoms with Gasteiger partial charge in [-0.05, 0) is 108 Å². The molecule has 2 saturated heterocycles. The number of hydrogen-bond acceptors (Lipinski definition) is 20. The Bertz CT molecular complexity index is 3920. The van der Waals surface area contributed by atoms with Gasteiger partial charge in [-0.15, -0.1) is 0 Å². The summed E-state index contributed by atoms with van der Waals surface area (Å²) in [6.07, 6.45) is 9.94. The SMILES string of the molecule is COc1c(N2CCN(C(=O)OCOC(=O)c3cn(C4CC4)c4c(OC)c(N5CCN(C(=O)OCOC(=O)CCC(=O)OCC(=O)[C@@]6(O)CCC7C8CCC9=CC(=O)C=C[C@]9(C)C8[C@@H](O)C[C@@]76C)C(C)C5)c(F)cc4c3=O)C(C)C2)c(F)cc2c(=O)ccn(C3CC3)c12. The molecule has 4 aromatic rings. The number of carbonyl (C=O) groups excluding carboxylic acids is 7. The first-order valence-electron chi connectivity index (χ1n) is 31.5. The smallest absolute Gasteiger partial charge is 0.413 e. The fourth-order valence-electron chi connectivity index (χ4n) is 16.0. The van der Waals surface area contributed by atoms with Crippen LogP contribution in [-0.2, 0) is 42.9 Å². The van der Waals surface area contributed by atoms with E-state index >= 15 is 8.78 Å². The molecule has 2 aliphatic heterocycles. The van der Waals surface area contributed by atoms with Crippen molar-refractivity contribution in [2.75, 3.05) is 83.5 Å². The zero-order valence-corrected chi connectivity index (χ0v) is 52.2. The van der Waals surface area contributed by atoms with Gasteiger partial charge in [-0.25, -0.2) is 23.2 Å². The third-order valence-electron chi connectivity index (χ3n) is 20.9. The average molecular weight is 1280 g/mol. The third kappa shape index (κ3) is 11.2. The lowest BCUT2D eigenvalue weighted by Crippen LogP contribution is -2.61. The fourth-order valence-corrected chi connectivity index (χ4v) is 16.0. The minimum atomic E-state index is -1.87. The number of nitrogens with zero attached hydrogens (tertiary/aromatic N) is 6. The van der Waals surface area contributed by atoms with Crippen molar-refractivity contribution in [1.82, 2.24) is 18.9 Å². The van der Waals surface area contributed by atoms with Crippen LogP contribution < -0.4 is 30.1 Å². The van der Waals surface area contributed by atoms with Crippen molar-refractivity contribution in [3.05, 3.63) is 92.0 Å². The number of allylic oxidation sites excluding steroid dienone is 4. The highest BCUT2D eigenvalue weighted by molar-refractivity contribution is 6.01. The number of aliphatic hydroxyl groups excluding tert-OH is 1. The number of piperazine rings is 2. The Labute approximate surface area is 527 Å². The molecule has 2 amide bonds. The number of anilines is 2. The number of methoxy groups -OCH3 is 2. The molecule has 492 valence electrons. The molecular weight excluding hydrogens is 1200 g/mol. The van der Waals surface area contributed by atoms with E-state index in [4.69, 9.17) is 33.2 Å². The Balaban J connectivity index is 0.608. The number of ether oxygens (including phenoxy) is 7. The molecule has 6 aliphatic carbocycles. The summed E-state index contributed by atoms with van der Waals surface area (Å²) in [6.45, 7) is 5.44. The molecule has 5 unspecified atom stereocenters. The second-order valence-corrected chi connectivity index (χ2v) is 26.3. The van der Waals surface area contributed by atoms with Crippen molar-refractivity contribution in [2.24, 2.45) is 28.6 Å². The number of amides is 2. The van der Waals surface area contributed by atoms with Crippen molar-refractivity contribution in [1.29, 1.82) is 0 Å². The zero-order valence-electron chi connectivity index (χ0n) is 52.2. The number of hydrogen-bond donors (Lipinski definition) is 2. The molecule has 0 radical (unpaired) electrons. The van der Waals surface area contributed by atoms with Gasteiger partial charge in [-0.3, -0.25) is 28.8 Å². The van der Waals surface area contributed by atoms with Gasteiger partial charge in [0.2, 0.25) is 24.8 Å². The number of benzene rings is 2. The van der Waals surface area contributed by atoms with Gasteiger partial charge in [0.1, 0.15) is 22.5 Å². The van der Waals surface area contributed by atoms with Crippen molar-refractivity contribution in [3.63, 3.8) is 0 Å². The van der Waals surface area contributed by atoms with Crippen LogP contribution in [0.5, 0.6) is 11.5 Å². The van der Waals surface area contributed by atoms with Crippen molar-refractivity contribution >= 4 is 74.8 Å². The summed E-state index contributed by atoms with van der Waals surface area (Å²) in [5.41, 5.74) is -3.15. The van der Waals surface area contributed by atoms with E-state index in [1.54, 1.807) is 46.6 Å². The molecule has 2 aromatic heterocycles. The Morgan fingerprint density at radius 3 is 1.86 bits per heavy atom. The van der Waals surface area contributed by atoms with Crippen LogP contribution in [-0.4, -0.2) is 168 Å². The van der Waals surface area contributed by atoms with Crippen LogP contribution in [0.4, 0.5) is 29.7 Å². The Hall–Kier alpha value is -8.39. The summed E-state index contributed by atoms with van der Waals surface area (Å²) in [7, 11) is 2.75. The van der Waals surface area contributed by atoms with Gasteiger partial charge in [-0.1, -0.05) is 25.5 Å². The normalized spacial score (nSPS) is 27.6. The van der Waals surface area contributed by atoms with E-state index < -0.39 is 126 Å². The second-order valence-electron chi connectivity index (χ2n) is 26.3. The molecule has 2 N–H and O–H groups in total. The van der Waals surface area contributed by atoms with Gasteiger partial charge < -0.3 is 72.1 Å². The first-order chi connectivity index (χ1) is 43.9. The van der Waals surface area contributed by atoms with E-state index in [9.17, 15) is 53.4 Å². The maximum atomic E-state index is 16.6. The Kier molecular flexibility index (Phi) is 17.0. The quantitative estimate of drug-likeness (QED) is 0.0625. The van der Waals surface area contributed by atoms with Crippen LogP contribution in [0.25, 0.3) is 21.8 Å². The number of Topliss-reactive ketones (excluding diaryl/α,β-unsaturated/α-hetero) is 1. The van der Waals surface area contributed by atoms with Crippen LogP contribution in [0.1, 0.15) is 121 Å². The van der Waals surface area contributed by atoms with Gasteiger partial charge in [0.05, 0.1) is 55.0 Å². The first-order valence-corrected chi connectivity index (χ1v) is 31.5. The highest BCUT2D eigenvalue weighted by Gasteiger charge is 2.68. The molecule has 7 fully saturated rings. The van der Waals surface area contributed by atoms with Gasteiger partial charge in [0.25, 0.3) is 0 Å². The average Bonchev–Trinajstić information content (AvgIpc) is 1.41. The van der Waals surface area contributed by atoms with Crippen molar-refractivity contribution in [2.45, 2.75) is 134 Å². The molecule has 2 aromatic carbocycles. The van der Waals surface area contributed by atoms with E-state index in [1.807, 2.05) is 24.5 Å². The number of ketones is 2. The number of rotatable bonds is 17. The van der Waals surface area contributed by atoms with E-state index in [0.717, 1.165) is 24.5 Å². The summed E-state index contributed by atoms with van der Waals surface area (Å²) in [5, 5.41) is 23.7. The first kappa shape index (κ1) is 63.7. The molecule has 0 bridgehead atoms. The zero-order chi connectivity index (χ0) is 65.5. The number of aromatic nitrogens is 2. The van der Waals surface area contributed by atoms with Crippen LogP contribution in [0.15, 0.2) is 64.0 Å². The number of fused-ring (bicyclic) bond motifs is 7. The molecule has 4 heterocycles. The summed E-state index contributed by atoms with van der Waals surface area (Å²) < 4.78 is 74.0. The molecule has 8 aliphatic rings. The van der Waals surface area contributed by atoms with Crippen molar-refractivity contribution < 1.29 is 85.7 Å². The van der Waals surface area contributed by atoms with E-state index in [1.165, 1.54) is 42.3 Å². The maximum Gasteiger partial charge on any atom is 0.413 e. The van der Waals surface area contributed by atoms with Gasteiger partial charge in [0, 0.05) is 98.6 Å². The topological polar surface area (TPSA) is 282 Å². The molecule has 12 rings (SSSR count). The summed E-state index contributed by atoms with van der Waals surface area (Å²) in [6, 6.07) is 2.50. The monoisotopic (exact) mass is 1280 g/mol. The number of esters is 3. The van der Waals surface area contributed by atoms with Crippen molar-refractivity contribution in [3.8, 4) is 11.5 Å². The third-order valence-corrected chi connectivity index (χ3v) is 20.9. The van der Waals surface area contributed by atoms with Crippen LogP contribution in [0.2, 0.25) is 0 Å². The highest BCUT2D eigenvalue weighted by atomic mass is 19.1. The molecule has 5 saturated carbocycles. The van der Waals surface area contributed by atoms with Gasteiger partial charge in [-0.2, -0.15) is 0 Å². The highest BCUT2D eigenvalue weighted by Crippen LogP contribution is 2.67. The predicted molar refractivity (Wildman–Crippen MR) is 325 cm³/mol. The van der Waals surface area contributed by atoms with Crippen LogP contribution in [0.3, 0.4) is 0 Å². The Morgan fingerprint density at radius 1 is 0.707 bits per heavy atom. The molecular formula is C66H76F2N6O18. The standard InChI is InChI=1S/C66H76F2N6O18/c1-35-30-70(22-23-71(35)62(83)91-33-89-52(80)14-13-51(79)88-32-50(78)66(85)19-16-45-41-12-7-37-25-40(75)15-18-64(37,3)53(41)49(77)28-65(45,66)4)57-47(68)27-43-55(60(57)87-6)74(39-10-11-39)31-44(58(43)81)61(82)90-34-92-63(84)72-24-21-69(29-36(72)2)56-46(67)26-42-48(76)17-20-73(38-8-9-38)54(42)59(56)86-5/h15,17-18,20,25-27,31,35-36,38-39,41,45,49,53,77,85H,7-14,16,19,21-24,28-30,32-34H2,1-6H3/t35?,36?,41?,45?,49-,53?,64-,65-,66-/m0/s1. The summed E-state index contributed by atoms with van der Waals surface area (Å²) in [4.78, 5) is 125. The number of halogens is 2. The molecule has 0 spiro atoms. The predicted octanol–water partition coefficient (Wildman–Crippen LogP) is 6.79. The lowest BCUT2D eigenvalue weighted by molar-refractivity contribution is -0.181. The van der Waals surface area contributed by atoms with E-state index in [0.29, 0.717) is 37.6 Å². The second kappa shape index (κ2) is 24.6. The number of aliphatic hydroxyl groups is 2.